The van der Waals surface area contributed by atoms with Crippen LogP contribution in [0.3, 0.4) is 0 Å². The van der Waals surface area contributed by atoms with Gasteiger partial charge in [-0.1, -0.05) is 12.1 Å². The molecule has 0 aliphatic carbocycles. The molecule has 0 saturated heterocycles. The topological polar surface area (TPSA) is 135 Å². The number of ether oxygens (including phenoxy) is 1. The Balaban J connectivity index is 1.29. The minimum atomic E-state index is -0.639. The standard InChI is InChI=1S/C29H25N5O5/c1-16-12-24(34(2)33-16)29(38)31-19-7-4-17(5-8-19)27(36)18-6-10-21-22(28(37)32-23(21)13-18)15-30-20-9-11-26(39-3)25(35)14-20/h4-15,22,35H,1-3H3,(H,31,38)(H,32,37). The van der Waals surface area contributed by atoms with Gasteiger partial charge in [0.05, 0.1) is 18.5 Å². The molecule has 3 N–H and O–H groups in total. The molecule has 1 aliphatic rings. The number of aryl methyl sites for hydroxylation is 2. The molecule has 2 heterocycles. The van der Waals surface area contributed by atoms with Crippen LogP contribution in [0.2, 0.25) is 0 Å². The number of aliphatic imine (C=N–C) groups is 1. The van der Waals surface area contributed by atoms with Gasteiger partial charge in [-0.3, -0.25) is 24.1 Å². The number of fused-ring (bicyclic) bond motifs is 1. The van der Waals surface area contributed by atoms with Gasteiger partial charge in [-0.05, 0) is 61.0 Å². The van der Waals surface area contributed by atoms with Crippen LogP contribution < -0.4 is 15.4 Å². The van der Waals surface area contributed by atoms with E-state index in [-0.39, 0.29) is 23.3 Å². The molecule has 10 heteroatoms. The number of hydrogen-bond acceptors (Lipinski definition) is 7. The zero-order chi connectivity index (χ0) is 27.7. The molecule has 4 aromatic rings. The highest BCUT2D eigenvalue weighted by Crippen LogP contribution is 2.34. The molecule has 3 aromatic carbocycles. The van der Waals surface area contributed by atoms with Gasteiger partial charge in [0.25, 0.3) is 5.91 Å². The molecule has 0 saturated carbocycles. The number of amides is 2. The van der Waals surface area contributed by atoms with Crippen molar-refractivity contribution in [2.24, 2.45) is 12.0 Å². The van der Waals surface area contributed by atoms with Crippen molar-refractivity contribution in [3.8, 4) is 11.5 Å². The summed E-state index contributed by atoms with van der Waals surface area (Å²) in [5.41, 5.74) is 4.26. The maximum Gasteiger partial charge on any atom is 0.273 e. The molecule has 1 unspecified atom stereocenters. The van der Waals surface area contributed by atoms with Crippen LogP contribution in [-0.2, 0) is 11.8 Å². The maximum atomic E-state index is 13.1. The van der Waals surface area contributed by atoms with E-state index in [2.05, 4.69) is 20.7 Å². The van der Waals surface area contributed by atoms with Gasteiger partial charge in [0, 0.05) is 41.8 Å². The summed E-state index contributed by atoms with van der Waals surface area (Å²) in [5.74, 6) is -1.15. The minimum absolute atomic E-state index is 0.0505. The van der Waals surface area contributed by atoms with Crippen LogP contribution in [0.1, 0.15) is 43.6 Å². The number of phenolic OH excluding ortho intramolecular Hbond substituents is 1. The molecule has 0 fully saturated rings. The average Bonchev–Trinajstić information content (AvgIpc) is 3.43. The number of rotatable bonds is 7. The van der Waals surface area contributed by atoms with Crippen LogP contribution in [0, 0.1) is 6.92 Å². The lowest BCUT2D eigenvalue weighted by Crippen LogP contribution is -2.16. The molecule has 0 bridgehead atoms. The summed E-state index contributed by atoms with van der Waals surface area (Å²) >= 11 is 0. The number of benzene rings is 3. The molecule has 10 nitrogen and oxygen atoms in total. The Morgan fingerprint density at radius 1 is 1.08 bits per heavy atom. The van der Waals surface area contributed by atoms with Crippen molar-refractivity contribution in [2.45, 2.75) is 12.8 Å². The second kappa shape index (κ2) is 10.3. The van der Waals surface area contributed by atoms with Gasteiger partial charge in [0.15, 0.2) is 17.3 Å². The summed E-state index contributed by atoms with van der Waals surface area (Å²) < 4.78 is 6.54. The quantitative estimate of drug-likeness (QED) is 0.243. The van der Waals surface area contributed by atoms with Gasteiger partial charge in [0.1, 0.15) is 11.6 Å². The third kappa shape index (κ3) is 5.12. The van der Waals surface area contributed by atoms with Crippen LogP contribution in [0.5, 0.6) is 11.5 Å². The first-order valence-electron chi connectivity index (χ1n) is 12.1. The first kappa shape index (κ1) is 25.4. The van der Waals surface area contributed by atoms with Crippen LogP contribution in [0.25, 0.3) is 0 Å². The Bertz CT molecular complexity index is 1640. The first-order valence-corrected chi connectivity index (χ1v) is 12.1. The summed E-state index contributed by atoms with van der Waals surface area (Å²) in [4.78, 5) is 42.6. The smallest absolute Gasteiger partial charge is 0.273 e. The van der Waals surface area contributed by atoms with Crippen LogP contribution in [0.15, 0.2) is 71.7 Å². The van der Waals surface area contributed by atoms with Gasteiger partial charge in [-0.25, -0.2) is 0 Å². The van der Waals surface area contributed by atoms with Crippen LogP contribution in [-0.4, -0.2) is 45.8 Å². The Labute approximate surface area is 224 Å². The van der Waals surface area contributed by atoms with E-state index < -0.39 is 5.92 Å². The van der Waals surface area contributed by atoms with Crippen LogP contribution >= 0.6 is 0 Å². The normalized spacial score (nSPS) is 14.2. The molecule has 39 heavy (non-hydrogen) atoms. The number of carbonyl (C=O) groups is 3. The minimum Gasteiger partial charge on any atom is -0.504 e. The highest BCUT2D eigenvalue weighted by atomic mass is 16.5. The molecule has 0 spiro atoms. The van der Waals surface area contributed by atoms with Crippen molar-refractivity contribution in [3.63, 3.8) is 0 Å². The first-order chi connectivity index (χ1) is 18.7. The fourth-order valence-electron chi connectivity index (χ4n) is 4.39. The molecule has 5 rings (SSSR count). The molecule has 1 aromatic heterocycles. The second-order valence-electron chi connectivity index (χ2n) is 9.06. The maximum absolute atomic E-state index is 13.1. The highest BCUT2D eigenvalue weighted by molar-refractivity contribution is 6.15. The van der Waals surface area contributed by atoms with E-state index in [0.717, 1.165) is 5.69 Å². The van der Waals surface area contributed by atoms with Crippen molar-refractivity contribution >= 4 is 40.9 Å². The number of anilines is 2. The zero-order valence-corrected chi connectivity index (χ0v) is 21.4. The van der Waals surface area contributed by atoms with Gasteiger partial charge in [-0.15, -0.1) is 0 Å². The number of nitrogens with one attached hydrogen (secondary N) is 2. The van der Waals surface area contributed by atoms with E-state index in [9.17, 15) is 19.5 Å². The predicted molar refractivity (Wildman–Crippen MR) is 146 cm³/mol. The van der Waals surface area contributed by atoms with Crippen molar-refractivity contribution in [3.05, 3.63) is 94.8 Å². The lowest BCUT2D eigenvalue weighted by atomic mass is 9.97. The summed E-state index contributed by atoms with van der Waals surface area (Å²) in [6.45, 7) is 1.81. The van der Waals surface area contributed by atoms with E-state index in [1.165, 1.54) is 24.1 Å². The van der Waals surface area contributed by atoms with Gasteiger partial charge >= 0.3 is 0 Å². The largest absolute Gasteiger partial charge is 0.504 e. The van der Waals surface area contributed by atoms with Gasteiger partial charge < -0.3 is 20.5 Å². The van der Waals surface area contributed by atoms with Crippen molar-refractivity contribution in [1.29, 1.82) is 0 Å². The Morgan fingerprint density at radius 2 is 1.82 bits per heavy atom. The van der Waals surface area contributed by atoms with E-state index in [1.807, 2.05) is 6.92 Å². The Hall–Kier alpha value is -5.25. The summed E-state index contributed by atoms with van der Waals surface area (Å²) in [6.07, 6.45) is 1.50. The lowest BCUT2D eigenvalue weighted by molar-refractivity contribution is -0.115. The van der Waals surface area contributed by atoms with E-state index in [0.29, 0.717) is 45.2 Å². The van der Waals surface area contributed by atoms with Crippen LogP contribution in [0.4, 0.5) is 17.1 Å². The summed E-state index contributed by atoms with van der Waals surface area (Å²) in [7, 11) is 3.15. The number of aromatic nitrogens is 2. The lowest BCUT2D eigenvalue weighted by Gasteiger charge is -2.08. The summed E-state index contributed by atoms with van der Waals surface area (Å²) in [5, 5.41) is 19.7. The molecule has 2 amide bonds. The number of phenols is 1. The van der Waals surface area contributed by atoms with Crippen molar-refractivity contribution in [2.75, 3.05) is 17.7 Å². The molecular formula is C29H25N5O5. The average molecular weight is 524 g/mol. The third-order valence-electron chi connectivity index (χ3n) is 6.37. The second-order valence-corrected chi connectivity index (χ2v) is 9.06. The molecule has 1 atom stereocenters. The van der Waals surface area contributed by atoms with Crippen molar-refractivity contribution < 1.29 is 24.2 Å². The number of methoxy groups -OCH3 is 1. The third-order valence-corrected chi connectivity index (χ3v) is 6.37. The summed E-state index contributed by atoms with van der Waals surface area (Å²) in [6, 6.07) is 18.0. The van der Waals surface area contributed by atoms with Gasteiger partial charge in [0.2, 0.25) is 5.91 Å². The fraction of sp³-hybridized carbons (Fsp3) is 0.138. The Morgan fingerprint density at radius 3 is 2.49 bits per heavy atom. The van der Waals surface area contributed by atoms with E-state index >= 15 is 0 Å². The van der Waals surface area contributed by atoms with E-state index in [4.69, 9.17) is 4.74 Å². The number of carbonyl (C=O) groups excluding carboxylic acids is 3. The predicted octanol–water partition coefficient (Wildman–Crippen LogP) is 4.36. The van der Waals surface area contributed by atoms with Gasteiger partial charge in [-0.2, -0.15) is 5.10 Å². The number of aromatic hydroxyl groups is 1. The molecular weight excluding hydrogens is 498 g/mol. The highest BCUT2D eigenvalue weighted by Gasteiger charge is 2.30. The monoisotopic (exact) mass is 523 g/mol. The number of ketones is 1. The molecule has 196 valence electrons. The molecule has 1 aliphatic heterocycles. The Kier molecular flexibility index (Phi) is 6.68. The number of hydrogen-bond donors (Lipinski definition) is 3. The zero-order valence-electron chi connectivity index (χ0n) is 21.4. The number of nitrogens with zero attached hydrogens (tertiary/aromatic N) is 3. The molecule has 0 radical (unpaired) electrons. The SMILES string of the molecule is COc1ccc(N=CC2C(=O)Nc3cc(C(=O)c4ccc(NC(=O)c5cc(C)nn5C)cc4)ccc32)cc1O. The fourth-order valence-corrected chi connectivity index (χ4v) is 4.39. The van der Waals surface area contributed by atoms with Crippen molar-refractivity contribution in [1.82, 2.24) is 9.78 Å². The van der Waals surface area contributed by atoms with E-state index in [1.54, 1.807) is 67.7 Å².